The molecule has 1 fully saturated rings. The number of rotatable bonds is 14. The minimum atomic E-state index is -1.17. The maximum Gasteiger partial charge on any atom is 0.326 e. The summed E-state index contributed by atoms with van der Waals surface area (Å²) in [6.45, 7) is 4.42. The monoisotopic (exact) mass is 531 g/mol. The van der Waals surface area contributed by atoms with E-state index in [0.29, 0.717) is 45.2 Å². The summed E-state index contributed by atoms with van der Waals surface area (Å²) in [6, 6.07) is 5.30. The molecule has 1 aliphatic rings. The smallest absolute Gasteiger partial charge is 0.326 e. The van der Waals surface area contributed by atoms with Crippen molar-refractivity contribution in [3.63, 3.8) is 0 Å². The van der Waals surface area contributed by atoms with Crippen molar-refractivity contribution in [1.29, 1.82) is 0 Å². The number of likely N-dealkylation sites (tertiary alicyclic amines) is 1. The molecule has 3 amide bonds. The number of benzene rings is 1. The van der Waals surface area contributed by atoms with Gasteiger partial charge in [-0.25, -0.2) is 4.79 Å². The third kappa shape index (κ3) is 9.02. The van der Waals surface area contributed by atoms with Crippen LogP contribution in [0.3, 0.4) is 0 Å². The number of aliphatic imine (C=N–C) groups is 1. The van der Waals surface area contributed by atoms with E-state index in [1.54, 1.807) is 24.3 Å². The van der Waals surface area contributed by atoms with E-state index in [4.69, 9.17) is 17.2 Å². The van der Waals surface area contributed by atoms with Crippen molar-refractivity contribution in [3.8, 4) is 0 Å². The number of carbonyl (C=O) groups excluding carboxylic acids is 3. The molecule has 0 radical (unpaired) electrons. The number of hydrogen-bond donors (Lipinski definition) is 6. The van der Waals surface area contributed by atoms with Gasteiger partial charge in [-0.15, -0.1) is 0 Å². The van der Waals surface area contributed by atoms with E-state index in [9.17, 15) is 24.3 Å². The zero-order valence-electron chi connectivity index (χ0n) is 22.1. The highest BCUT2D eigenvalue weighted by Gasteiger charge is 2.38. The van der Waals surface area contributed by atoms with Crippen molar-refractivity contribution in [3.05, 3.63) is 35.9 Å². The number of nitrogens with two attached hydrogens (primary N) is 3. The van der Waals surface area contributed by atoms with E-state index in [-0.39, 0.29) is 24.2 Å². The van der Waals surface area contributed by atoms with Gasteiger partial charge in [0.1, 0.15) is 18.1 Å². The summed E-state index contributed by atoms with van der Waals surface area (Å²) in [4.78, 5) is 56.7. The molecule has 2 rings (SSSR count). The van der Waals surface area contributed by atoms with Crippen LogP contribution in [0.1, 0.15) is 51.5 Å². The van der Waals surface area contributed by atoms with Crippen molar-refractivity contribution >= 4 is 29.7 Å². The van der Waals surface area contributed by atoms with Crippen LogP contribution in [0.4, 0.5) is 0 Å². The van der Waals surface area contributed by atoms with E-state index >= 15 is 0 Å². The highest BCUT2D eigenvalue weighted by Crippen LogP contribution is 2.20. The summed E-state index contributed by atoms with van der Waals surface area (Å²) in [7, 11) is 0. The van der Waals surface area contributed by atoms with Gasteiger partial charge in [0.2, 0.25) is 17.7 Å². The minimum absolute atomic E-state index is 0.0317. The lowest BCUT2D eigenvalue weighted by molar-refractivity contribution is -0.143. The van der Waals surface area contributed by atoms with Gasteiger partial charge < -0.3 is 37.8 Å². The van der Waals surface area contributed by atoms with Crippen LogP contribution in [-0.2, 0) is 25.6 Å². The van der Waals surface area contributed by atoms with E-state index in [1.807, 2.05) is 19.9 Å². The Kier molecular flexibility index (Phi) is 12.0. The Morgan fingerprint density at radius 2 is 1.84 bits per heavy atom. The minimum Gasteiger partial charge on any atom is -0.480 e. The van der Waals surface area contributed by atoms with Crippen LogP contribution in [-0.4, -0.2) is 76.9 Å². The predicted octanol–water partition coefficient (Wildman–Crippen LogP) is -0.299. The molecule has 9 N–H and O–H groups in total. The molecule has 1 saturated heterocycles. The summed E-state index contributed by atoms with van der Waals surface area (Å²) >= 11 is 0. The van der Waals surface area contributed by atoms with Gasteiger partial charge in [-0.1, -0.05) is 50.6 Å². The van der Waals surface area contributed by atoms with Crippen LogP contribution in [0, 0.1) is 5.92 Å². The lowest BCUT2D eigenvalue weighted by atomic mass is 9.96. The largest absolute Gasteiger partial charge is 0.480 e. The number of hydrogen-bond acceptors (Lipinski definition) is 6. The number of carboxylic acids is 1. The fraction of sp³-hybridized carbons (Fsp3) is 0.577. The fourth-order valence-corrected chi connectivity index (χ4v) is 4.42. The molecule has 1 aliphatic heterocycles. The van der Waals surface area contributed by atoms with Gasteiger partial charge in [0.15, 0.2) is 5.96 Å². The Hall–Kier alpha value is -3.67. The lowest BCUT2D eigenvalue weighted by Crippen LogP contribution is -2.58. The average Bonchev–Trinajstić information content (AvgIpc) is 3.38. The first-order chi connectivity index (χ1) is 18.0. The molecule has 0 saturated carbocycles. The molecule has 1 aromatic carbocycles. The summed E-state index contributed by atoms with van der Waals surface area (Å²) in [5.41, 5.74) is 17.5. The van der Waals surface area contributed by atoms with Crippen molar-refractivity contribution in [2.75, 3.05) is 13.1 Å². The van der Waals surface area contributed by atoms with Crippen LogP contribution in [0.2, 0.25) is 0 Å². The van der Waals surface area contributed by atoms with Gasteiger partial charge >= 0.3 is 5.97 Å². The molecule has 0 bridgehead atoms. The normalized spacial score (nSPS) is 18.1. The van der Waals surface area contributed by atoms with Gasteiger partial charge in [0.05, 0.1) is 6.04 Å². The number of nitrogens with one attached hydrogen (secondary N) is 2. The summed E-state index contributed by atoms with van der Waals surface area (Å²) in [5.74, 6) is -2.85. The maximum absolute atomic E-state index is 13.3. The van der Waals surface area contributed by atoms with E-state index in [0.717, 1.165) is 5.56 Å². The van der Waals surface area contributed by atoms with Crippen LogP contribution in [0.25, 0.3) is 0 Å². The van der Waals surface area contributed by atoms with Crippen molar-refractivity contribution in [1.82, 2.24) is 15.5 Å². The van der Waals surface area contributed by atoms with Crippen LogP contribution < -0.4 is 27.8 Å². The molecule has 38 heavy (non-hydrogen) atoms. The quantitative estimate of drug-likeness (QED) is 0.106. The van der Waals surface area contributed by atoms with Gasteiger partial charge in [0.25, 0.3) is 0 Å². The SMILES string of the molecule is CCC(C)C(NC(=O)C1CCCN1C(=O)C(N)CCCN=C(N)N)C(=O)NC(Cc1ccccc1)C(=O)O. The van der Waals surface area contributed by atoms with Crippen molar-refractivity contribution in [2.24, 2.45) is 28.1 Å². The number of nitrogens with zero attached hydrogens (tertiary/aromatic N) is 2. The molecule has 0 aromatic heterocycles. The number of carbonyl (C=O) groups is 4. The van der Waals surface area contributed by atoms with Crippen LogP contribution in [0.15, 0.2) is 35.3 Å². The first-order valence-corrected chi connectivity index (χ1v) is 13.0. The van der Waals surface area contributed by atoms with Crippen molar-refractivity contribution in [2.45, 2.75) is 76.5 Å². The Balaban J connectivity index is 2.06. The highest BCUT2D eigenvalue weighted by molar-refractivity contribution is 5.94. The Morgan fingerprint density at radius 3 is 2.45 bits per heavy atom. The standard InChI is InChI=1S/C26H41N7O5/c1-3-16(2)21(23(35)31-19(25(37)38)15-17-9-5-4-6-10-17)32-22(34)20-12-8-14-33(20)24(36)18(27)11-7-13-30-26(28)29/h4-6,9-10,16,18-21H,3,7-8,11-15,27H2,1-2H3,(H,31,35)(H,32,34)(H,37,38)(H4,28,29,30). The zero-order valence-corrected chi connectivity index (χ0v) is 22.1. The number of aliphatic carboxylic acids is 1. The van der Waals surface area contributed by atoms with Gasteiger partial charge in [-0.05, 0) is 37.2 Å². The number of guanidine groups is 1. The molecule has 12 heteroatoms. The molecule has 12 nitrogen and oxygen atoms in total. The van der Waals surface area contributed by atoms with Gasteiger partial charge in [0, 0.05) is 19.5 Å². The summed E-state index contributed by atoms with van der Waals surface area (Å²) in [6.07, 6.45) is 2.62. The Labute approximate surface area is 223 Å². The first-order valence-electron chi connectivity index (χ1n) is 13.0. The topological polar surface area (TPSA) is 206 Å². The Morgan fingerprint density at radius 1 is 1.16 bits per heavy atom. The van der Waals surface area contributed by atoms with E-state index in [2.05, 4.69) is 15.6 Å². The summed E-state index contributed by atoms with van der Waals surface area (Å²) in [5, 5.41) is 15.1. The fourth-order valence-electron chi connectivity index (χ4n) is 4.42. The molecular formula is C26H41N7O5. The zero-order chi connectivity index (χ0) is 28.2. The molecule has 1 heterocycles. The van der Waals surface area contributed by atoms with E-state index < -0.39 is 42.0 Å². The third-order valence-corrected chi connectivity index (χ3v) is 6.81. The second kappa shape index (κ2) is 14.9. The molecule has 210 valence electrons. The van der Waals surface area contributed by atoms with Gasteiger partial charge in [-0.3, -0.25) is 19.4 Å². The van der Waals surface area contributed by atoms with E-state index in [1.165, 1.54) is 4.90 Å². The second-order valence-electron chi connectivity index (χ2n) is 9.71. The molecule has 0 aliphatic carbocycles. The maximum atomic E-state index is 13.3. The lowest BCUT2D eigenvalue weighted by Gasteiger charge is -2.30. The molecule has 5 unspecified atom stereocenters. The first kappa shape index (κ1) is 30.6. The average molecular weight is 532 g/mol. The molecule has 1 aromatic rings. The number of carboxylic acid groups (broad SMARTS) is 1. The summed E-state index contributed by atoms with van der Waals surface area (Å²) < 4.78 is 0. The molecular weight excluding hydrogens is 490 g/mol. The molecule has 0 spiro atoms. The van der Waals surface area contributed by atoms with Crippen LogP contribution >= 0.6 is 0 Å². The van der Waals surface area contributed by atoms with Crippen LogP contribution in [0.5, 0.6) is 0 Å². The predicted molar refractivity (Wildman–Crippen MR) is 144 cm³/mol. The van der Waals surface area contributed by atoms with Crippen molar-refractivity contribution < 1.29 is 24.3 Å². The molecule has 5 atom stereocenters. The highest BCUT2D eigenvalue weighted by atomic mass is 16.4. The third-order valence-electron chi connectivity index (χ3n) is 6.81. The Bertz CT molecular complexity index is 983. The van der Waals surface area contributed by atoms with Gasteiger partial charge in [-0.2, -0.15) is 0 Å². The number of amides is 3. The second-order valence-corrected chi connectivity index (χ2v) is 9.71.